The van der Waals surface area contributed by atoms with E-state index in [-0.39, 0.29) is 5.92 Å². The van der Waals surface area contributed by atoms with E-state index < -0.39 is 12.0 Å². The van der Waals surface area contributed by atoms with Gasteiger partial charge in [-0.2, -0.15) is 0 Å². The molecule has 0 spiro atoms. The van der Waals surface area contributed by atoms with E-state index in [0.29, 0.717) is 16.1 Å². The van der Waals surface area contributed by atoms with Gasteiger partial charge in [0.15, 0.2) is 0 Å². The molecule has 0 bridgehead atoms. The summed E-state index contributed by atoms with van der Waals surface area (Å²) in [5.41, 5.74) is 11.7. The lowest BCUT2D eigenvalue weighted by Crippen LogP contribution is -2.12. The molecule has 3 N–H and O–H groups in total. The monoisotopic (exact) mass is 443 g/mol. The highest BCUT2D eigenvalue weighted by molar-refractivity contribution is 7.09. The molecule has 2 aromatic carbocycles. The normalized spacial score (nSPS) is 13.0. The standard InChI is InChI=1S/C26H25N3O2S/c1-3-23(19-5-4-16(2)29-15-19)18-8-6-17(7-9-18)20-12-21(14-22(13-20)25(27)31)24(30)26-28-10-11-32-26/h4-15,23-24,30H,3H2,1-2H3,(H2,27,31). The number of nitrogens with zero attached hydrogens (tertiary/aromatic N) is 2. The number of carbonyl (C=O) groups is 1. The fourth-order valence-electron chi connectivity index (χ4n) is 3.89. The van der Waals surface area contributed by atoms with Gasteiger partial charge in [-0.05, 0) is 65.4 Å². The molecule has 2 aromatic heterocycles. The molecule has 2 atom stereocenters. The molecule has 2 heterocycles. The van der Waals surface area contributed by atoms with E-state index in [0.717, 1.165) is 23.2 Å². The predicted molar refractivity (Wildman–Crippen MR) is 128 cm³/mol. The summed E-state index contributed by atoms with van der Waals surface area (Å²) < 4.78 is 0. The Labute approximate surface area is 191 Å². The van der Waals surface area contributed by atoms with Crippen LogP contribution in [0, 0.1) is 6.92 Å². The topological polar surface area (TPSA) is 89.1 Å². The van der Waals surface area contributed by atoms with Gasteiger partial charge in [0, 0.05) is 34.9 Å². The van der Waals surface area contributed by atoms with Crippen molar-refractivity contribution in [2.24, 2.45) is 5.73 Å². The quantitative estimate of drug-likeness (QED) is 0.409. The number of primary amides is 1. The van der Waals surface area contributed by atoms with E-state index in [9.17, 15) is 9.90 Å². The van der Waals surface area contributed by atoms with Crippen LogP contribution in [0.5, 0.6) is 0 Å². The molecule has 0 aliphatic heterocycles. The Kier molecular flexibility index (Phi) is 6.44. The summed E-state index contributed by atoms with van der Waals surface area (Å²) in [6, 6.07) is 17.7. The van der Waals surface area contributed by atoms with Crippen LogP contribution in [-0.4, -0.2) is 21.0 Å². The average Bonchev–Trinajstić information content (AvgIpc) is 3.35. The third-order valence-corrected chi connectivity index (χ3v) is 6.46. The number of aryl methyl sites for hydroxylation is 1. The second-order valence-corrected chi connectivity index (χ2v) is 8.72. The van der Waals surface area contributed by atoms with Crippen molar-refractivity contribution in [1.29, 1.82) is 0 Å². The molecule has 5 nitrogen and oxygen atoms in total. The summed E-state index contributed by atoms with van der Waals surface area (Å²) in [5.74, 6) is -0.273. The van der Waals surface area contributed by atoms with Crippen LogP contribution in [0.1, 0.15) is 63.1 Å². The number of pyridine rings is 1. The highest BCUT2D eigenvalue weighted by Crippen LogP contribution is 2.32. The molecule has 6 heteroatoms. The zero-order valence-corrected chi connectivity index (χ0v) is 18.8. The van der Waals surface area contributed by atoms with Gasteiger partial charge >= 0.3 is 0 Å². The molecule has 162 valence electrons. The number of hydrogen-bond acceptors (Lipinski definition) is 5. The van der Waals surface area contributed by atoms with Gasteiger partial charge in [0.05, 0.1) is 0 Å². The van der Waals surface area contributed by atoms with Crippen molar-refractivity contribution in [2.75, 3.05) is 0 Å². The van der Waals surface area contributed by atoms with E-state index >= 15 is 0 Å². The lowest BCUT2D eigenvalue weighted by Gasteiger charge is -2.17. The van der Waals surface area contributed by atoms with Crippen molar-refractivity contribution >= 4 is 17.2 Å². The first-order valence-electron chi connectivity index (χ1n) is 10.5. The maximum atomic E-state index is 11.9. The van der Waals surface area contributed by atoms with Gasteiger partial charge in [-0.1, -0.05) is 37.3 Å². The molecule has 0 aliphatic rings. The van der Waals surface area contributed by atoms with Crippen LogP contribution >= 0.6 is 11.3 Å². The number of benzene rings is 2. The van der Waals surface area contributed by atoms with E-state index in [2.05, 4.69) is 35.1 Å². The second kappa shape index (κ2) is 9.42. The molecule has 0 saturated carbocycles. The molecule has 0 fully saturated rings. The third kappa shape index (κ3) is 4.61. The van der Waals surface area contributed by atoms with Crippen LogP contribution < -0.4 is 5.73 Å². The smallest absolute Gasteiger partial charge is 0.248 e. The number of aliphatic hydroxyl groups excluding tert-OH is 1. The average molecular weight is 444 g/mol. The molecule has 32 heavy (non-hydrogen) atoms. The van der Waals surface area contributed by atoms with E-state index in [1.165, 1.54) is 22.5 Å². The number of aliphatic hydroxyl groups is 1. The first kappa shape index (κ1) is 21.9. The largest absolute Gasteiger partial charge is 0.381 e. The number of aromatic nitrogens is 2. The van der Waals surface area contributed by atoms with Crippen molar-refractivity contribution in [3.8, 4) is 11.1 Å². The Hall–Kier alpha value is -3.35. The van der Waals surface area contributed by atoms with Crippen molar-refractivity contribution in [1.82, 2.24) is 9.97 Å². The van der Waals surface area contributed by atoms with Crippen LogP contribution in [0.3, 0.4) is 0 Å². The molecular weight excluding hydrogens is 418 g/mol. The minimum absolute atomic E-state index is 0.261. The van der Waals surface area contributed by atoms with Crippen molar-refractivity contribution in [3.05, 3.63) is 105 Å². The maximum absolute atomic E-state index is 11.9. The summed E-state index contributed by atoms with van der Waals surface area (Å²) in [7, 11) is 0. The summed E-state index contributed by atoms with van der Waals surface area (Å²) in [4.78, 5) is 20.6. The molecule has 4 rings (SSSR count). The summed E-state index contributed by atoms with van der Waals surface area (Å²) in [6.45, 7) is 4.15. The Morgan fingerprint density at radius 1 is 1.00 bits per heavy atom. The van der Waals surface area contributed by atoms with Crippen LogP contribution in [-0.2, 0) is 0 Å². The first-order valence-corrected chi connectivity index (χ1v) is 11.4. The van der Waals surface area contributed by atoms with Gasteiger partial charge < -0.3 is 10.8 Å². The highest BCUT2D eigenvalue weighted by Gasteiger charge is 2.17. The van der Waals surface area contributed by atoms with Crippen LogP contribution in [0.4, 0.5) is 0 Å². The number of thiazole rings is 1. The van der Waals surface area contributed by atoms with Gasteiger partial charge in [-0.15, -0.1) is 11.3 Å². The van der Waals surface area contributed by atoms with Crippen molar-refractivity contribution < 1.29 is 9.90 Å². The van der Waals surface area contributed by atoms with Gasteiger partial charge in [-0.3, -0.25) is 9.78 Å². The Bertz CT molecular complexity index is 1200. The van der Waals surface area contributed by atoms with Crippen molar-refractivity contribution in [3.63, 3.8) is 0 Å². The Morgan fingerprint density at radius 2 is 1.75 bits per heavy atom. The zero-order chi connectivity index (χ0) is 22.7. The summed E-state index contributed by atoms with van der Waals surface area (Å²) in [5, 5.41) is 13.1. The number of amides is 1. The number of rotatable bonds is 7. The highest BCUT2D eigenvalue weighted by atomic mass is 32.1. The Morgan fingerprint density at radius 3 is 2.34 bits per heavy atom. The molecule has 1 amide bonds. The van der Waals surface area contributed by atoms with E-state index in [1.807, 2.05) is 42.8 Å². The second-order valence-electron chi connectivity index (χ2n) is 7.80. The molecule has 0 aliphatic carbocycles. The number of hydrogen-bond donors (Lipinski definition) is 2. The van der Waals surface area contributed by atoms with Crippen LogP contribution in [0.15, 0.2) is 72.4 Å². The predicted octanol–water partition coefficient (Wildman–Crippen LogP) is 5.24. The molecule has 0 radical (unpaired) electrons. The molecule has 0 saturated heterocycles. The fraction of sp³-hybridized carbons (Fsp3) is 0.192. The zero-order valence-electron chi connectivity index (χ0n) is 18.0. The number of nitrogens with two attached hydrogens (primary N) is 1. The van der Waals surface area contributed by atoms with Gasteiger partial charge in [0.25, 0.3) is 0 Å². The SMILES string of the molecule is CCC(c1ccc(-c2cc(C(N)=O)cc(C(O)c3nccs3)c2)cc1)c1ccc(C)nc1. The van der Waals surface area contributed by atoms with Gasteiger partial charge in [0.2, 0.25) is 5.91 Å². The fourth-order valence-corrected chi connectivity index (χ4v) is 4.54. The maximum Gasteiger partial charge on any atom is 0.248 e. The number of carbonyl (C=O) groups excluding carboxylic acids is 1. The molecule has 2 unspecified atom stereocenters. The lowest BCUT2D eigenvalue weighted by molar-refractivity contribution is 0.1000. The van der Waals surface area contributed by atoms with Crippen LogP contribution in [0.2, 0.25) is 0 Å². The molecular formula is C26H25N3O2S. The summed E-state index contributed by atoms with van der Waals surface area (Å²) >= 11 is 1.37. The summed E-state index contributed by atoms with van der Waals surface area (Å²) in [6.07, 6.45) is 3.64. The van der Waals surface area contributed by atoms with Gasteiger partial charge in [-0.25, -0.2) is 4.98 Å². The molecule has 4 aromatic rings. The lowest BCUT2D eigenvalue weighted by atomic mass is 9.88. The minimum atomic E-state index is -0.911. The first-order chi connectivity index (χ1) is 15.5. The third-order valence-electron chi connectivity index (χ3n) is 5.63. The van der Waals surface area contributed by atoms with E-state index in [4.69, 9.17) is 5.73 Å². The van der Waals surface area contributed by atoms with Crippen molar-refractivity contribution in [2.45, 2.75) is 32.3 Å². The van der Waals surface area contributed by atoms with E-state index in [1.54, 1.807) is 18.3 Å². The minimum Gasteiger partial charge on any atom is -0.381 e. The Balaban J connectivity index is 1.68. The van der Waals surface area contributed by atoms with Crippen LogP contribution in [0.25, 0.3) is 11.1 Å². The van der Waals surface area contributed by atoms with Gasteiger partial charge in [0.1, 0.15) is 11.1 Å².